The highest BCUT2D eigenvalue weighted by atomic mass is 19.1. The zero-order valence-corrected chi connectivity index (χ0v) is 15.1. The van der Waals surface area contributed by atoms with Gasteiger partial charge in [-0.1, -0.05) is 17.3 Å². The molecule has 0 bridgehead atoms. The van der Waals surface area contributed by atoms with Crippen LogP contribution in [0.1, 0.15) is 17.9 Å². The number of furan rings is 1. The van der Waals surface area contributed by atoms with Gasteiger partial charge in [0, 0.05) is 20.0 Å². The molecule has 0 fully saturated rings. The Hall–Kier alpha value is -3.49. The molecule has 0 aliphatic heterocycles. The minimum absolute atomic E-state index is 0.0132. The van der Waals surface area contributed by atoms with Crippen LogP contribution >= 0.6 is 0 Å². The Morgan fingerprint density at radius 2 is 2.11 bits per heavy atom. The lowest BCUT2D eigenvalue weighted by molar-refractivity contribution is -0.151. The van der Waals surface area contributed by atoms with E-state index in [1.165, 1.54) is 23.3 Å². The van der Waals surface area contributed by atoms with Gasteiger partial charge >= 0.3 is 5.97 Å². The standard InChI is InChI=1S/C19H18FN3O5/c1-23(11-13-4-2-5-14(20)10-13)17(24)12-27-18(25)8-7-16-21-19(22-28-16)15-6-3-9-26-15/h2-6,9-10H,7-8,11-12H2,1H3. The average molecular weight is 387 g/mol. The van der Waals surface area contributed by atoms with Gasteiger partial charge in [0.15, 0.2) is 12.4 Å². The maximum absolute atomic E-state index is 13.2. The molecule has 3 aromatic rings. The number of likely N-dealkylation sites (N-methyl/N-ethyl adjacent to an activating group) is 1. The van der Waals surface area contributed by atoms with Crippen LogP contribution in [0.3, 0.4) is 0 Å². The summed E-state index contributed by atoms with van der Waals surface area (Å²) in [6, 6.07) is 9.34. The number of hydrogen-bond donors (Lipinski definition) is 0. The Balaban J connectivity index is 1.40. The van der Waals surface area contributed by atoms with Crippen LogP contribution in [0.5, 0.6) is 0 Å². The maximum Gasteiger partial charge on any atom is 0.306 e. The van der Waals surface area contributed by atoms with Crippen LogP contribution in [0.25, 0.3) is 11.6 Å². The van der Waals surface area contributed by atoms with Gasteiger partial charge in [0.05, 0.1) is 12.7 Å². The van der Waals surface area contributed by atoms with Gasteiger partial charge < -0.3 is 18.6 Å². The summed E-state index contributed by atoms with van der Waals surface area (Å²) < 4.78 is 28.4. The molecule has 0 unspecified atom stereocenters. The molecule has 0 saturated heterocycles. The molecule has 146 valence electrons. The fourth-order valence-corrected chi connectivity index (χ4v) is 2.39. The first-order valence-electron chi connectivity index (χ1n) is 8.52. The van der Waals surface area contributed by atoms with Crippen LogP contribution in [-0.2, 0) is 27.3 Å². The van der Waals surface area contributed by atoms with Crippen LogP contribution in [0, 0.1) is 5.82 Å². The maximum atomic E-state index is 13.2. The SMILES string of the molecule is CN(Cc1cccc(F)c1)C(=O)COC(=O)CCc1nc(-c2ccco2)no1. The van der Waals surface area contributed by atoms with Crippen LogP contribution in [0.4, 0.5) is 4.39 Å². The highest BCUT2D eigenvalue weighted by molar-refractivity contribution is 5.80. The Morgan fingerprint density at radius 3 is 2.86 bits per heavy atom. The molecule has 0 saturated carbocycles. The number of benzene rings is 1. The van der Waals surface area contributed by atoms with Crippen molar-refractivity contribution in [3.8, 4) is 11.6 Å². The van der Waals surface area contributed by atoms with Crippen molar-refractivity contribution in [1.29, 1.82) is 0 Å². The van der Waals surface area contributed by atoms with Crippen molar-refractivity contribution in [1.82, 2.24) is 15.0 Å². The van der Waals surface area contributed by atoms with E-state index in [1.807, 2.05) is 0 Å². The highest BCUT2D eigenvalue weighted by Crippen LogP contribution is 2.16. The van der Waals surface area contributed by atoms with Crippen molar-refractivity contribution in [2.75, 3.05) is 13.7 Å². The number of carbonyl (C=O) groups excluding carboxylic acids is 2. The predicted molar refractivity (Wildman–Crippen MR) is 94.2 cm³/mol. The first-order valence-corrected chi connectivity index (χ1v) is 8.52. The smallest absolute Gasteiger partial charge is 0.306 e. The normalized spacial score (nSPS) is 10.6. The molecular weight excluding hydrogens is 369 g/mol. The van der Waals surface area contributed by atoms with E-state index in [9.17, 15) is 14.0 Å². The van der Waals surface area contributed by atoms with Crippen molar-refractivity contribution < 1.29 is 27.7 Å². The largest absolute Gasteiger partial charge is 0.461 e. The first kappa shape index (κ1) is 19.3. The molecule has 9 heteroatoms. The average Bonchev–Trinajstić information content (AvgIpc) is 3.35. The van der Waals surface area contributed by atoms with E-state index in [2.05, 4.69) is 10.1 Å². The lowest BCUT2D eigenvalue weighted by Crippen LogP contribution is -2.30. The van der Waals surface area contributed by atoms with Crippen LogP contribution in [-0.4, -0.2) is 40.6 Å². The van der Waals surface area contributed by atoms with E-state index in [4.69, 9.17) is 13.7 Å². The number of amides is 1. The molecule has 0 aliphatic rings. The molecule has 1 amide bonds. The van der Waals surface area contributed by atoms with E-state index >= 15 is 0 Å². The molecule has 8 nitrogen and oxygen atoms in total. The molecular formula is C19H18FN3O5. The lowest BCUT2D eigenvalue weighted by atomic mass is 10.2. The minimum Gasteiger partial charge on any atom is -0.461 e. The predicted octanol–water partition coefficient (Wildman–Crippen LogP) is 2.60. The van der Waals surface area contributed by atoms with Crippen LogP contribution in [0.2, 0.25) is 0 Å². The summed E-state index contributed by atoms with van der Waals surface area (Å²) >= 11 is 0. The van der Waals surface area contributed by atoms with Crippen molar-refractivity contribution in [2.24, 2.45) is 0 Å². The monoisotopic (exact) mass is 387 g/mol. The van der Waals surface area contributed by atoms with Gasteiger partial charge in [0.1, 0.15) is 5.82 Å². The third-order valence-corrected chi connectivity index (χ3v) is 3.84. The molecule has 0 atom stereocenters. The third kappa shape index (κ3) is 5.26. The van der Waals surface area contributed by atoms with Gasteiger partial charge in [-0.15, -0.1) is 0 Å². The molecule has 2 aromatic heterocycles. The highest BCUT2D eigenvalue weighted by Gasteiger charge is 2.15. The van der Waals surface area contributed by atoms with E-state index in [0.29, 0.717) is 17.1 Å². The van der Waals surface area contributed by atoms with E-state index in [-0.39, 0.29) is 31.1 Å². The van der Waals surface area contributed by atoms with Gasteiger partial charge in [-0.2, -0.15) is 4.98 Å². The van der Waals surface area contributed by atoms with Gasteiger partial charge in [-0.05, 0) is 29.8 Å². The van der Waals surface area contributed by atoms with Crippen LogP contribution < -0.4 is 0 Å². The van der Waals surface area contributed by atoms with Gasteiger partial charge in [-0.3, -0.25) is 9.59 Å². The van der Waals surface area contributed by atoms with Crippen molar-refractivity contribution in [2.45, 2.75) is 19.4 Å². The number of hydrogen-bond acceptors (Lipinski definition) is 7. The number of nitrogens with zero attached hydrogens (tertiary/aromatic N) is 3. The number of ether oxygens (including phenoxy) is 1. The zero-order valence-electron chi connectivity index (χ0n) is 15.1. The van der Waals surface area contributed by atoms with Gasteiger partial charge in [-0.25, -0.2) is 4.39 Å². The fourth-order valence-electron chi connectivity index (χ4n) is 2.39. The second-order valence-electron chi connectivity index (χ2n) is 6.03. The molecule has 2 heterocycles. The minimum atomic E-state index is -0.565. The fraction of sp³-hybridized carbons (Fsp3) is 0.263. The number of carbonyl (C=O) groups is 2. The number of esters is 1. The van der Waals surface area contributed by atoms with E-state index in [0.717, 1.165) is 0 Å². The molecule has 3 rings (SSSR count). The second kappa shape index (κ2) is 8.94. The molecule has 28 heavy (non-hydrogen) atoms. The van der Waals surface area contributed by atoms with Gasteiger partial charge in [0.25, 0.3) is 5.91 Å². The van der Waals surface area contributed by atoms with Crippen molar-refractivity contribution >= 4 is 11.9 Å². The molecule has 0 aliphatic carbocycles. The Morgan fingerprint density at radius 1 is 1.25 bits per heavy atom. The number of halogens is 1. The van der Waals surface area contributed by atoms with E-state index < -0.39 is 18.5 Å². The molecule has 0 radical (unpaired) electrons. The number of aromatic nitrogens is 2. The summed E-state index contributed by atoms with van der Waals surface area (Å²) in [7, 11) is 1.55. The summed E-state index contributed by atoms with van der Waals surface area (Å²) in [6.45, 7) is -0.183. The van der Waals surface area contributed by atoms with E-state index in [1.54, 1.807) is 31.3 Å². The van der Waals surface area contributed by atoms with Crippen LogP contribution in [0.15, 0.2) is 51.6 Å². The number of aryl methyl sites for hydroxylation is 1. The Bertz CT molecular complexity index is 939. The summed E-state index contributed by atoms with van der Waals surface area (Å²) in [6.07, 6.45) is 1.66. The molecule has 1 aromatic carbocycles. The second-order valence-corrected chi connectivity index (χ2v) is 6.03. The molecule has 0 N–H and O–H groups in total. The Kier molecular flexibility index (Phi) is 6.15. The first-order chi connectivity index (χ1) is 13.5. The summed E-state index contributed by atoms with van der Waals surface area (Å²) in [5, 5.41) is 3.76. The summed E-state index contributed by atoms with van der Waals surface area (Å²) in [4.78, 5) is 29.4. The summed E-state index contributed by atoms with van der Waals surface area (Å²) in [5.41, 5.74) is 0.644. The molecule has 0 spiro atoms. The lowest BCUT2D eigenvalue weighted by Gasteiger charge is -2.17. The zero-order chi connectivity index (χ0) is 19.9. The van der Waals surface area contributed by atoms with Crippen molar-refractivity contribution in [3.63, 3.8) is 0 Å². The summed E-state index contributed by atoms with van der Waals surface area (Å²) in [5.74, 6) is -0.313. The van der Waals surface area contributed by atoms with Gasteiger partial charge in [0.2, 0.25) is 11.7 Å². The Labute approximate surface area is 159 Å². The number of rotatable bonds is 8. The third-order valence-electron chi connectivity index (χ3n) is 3.84. The topological polar surface area (TPSA) is 98.7 Å². The quantitative estimate of drug-likeness (QED) is 0.548. The van der Waals surface area contributed by atoms with Crippen molar-refractivity contribution in [3.05, 3.63) is 59.9 Å².